The third-order valence-corrected chi connectivity index (χ3v) is 4.81. The molecule has 27 heavy (non-hydrogen) atoms. The van der Waals surface area contributed by atoms with Crippen LogP contribution in [0, 0.1) is 6.92 Å². The number of aliphatic hydroxyl groups is 1. The first-order valence-electron chi connectivity index (χ1n) is 8.60. The molecule has 0 saturated heterocycles. The first kappa shape index (κ1) is 19.6. The zero-order chi connectivity index (χ0) is 19.6. The van der Waals surface area contributed by atoms with Crippen LogP contribution in [0.2, 0.25) is 5.02 Å². The van der Waals surface area contributed by atoms with Crippen molar-refractivity contribution in [3.63, 3.8) is 0 Å². The van der Waals surface area contributed by atoms with E-state index in [0.29, 0.717) is 25.8 Å². The summed E-state index contributed by atoms with van der Waals surface area (Å²) in [4.78, 5) is 17.1. The second-order valence-corrected chi connectivity index (χ2v) is 6.80. The van der Waals surface area contributed by atoms with Gasteiger partial charge in [-0.15, -0.1) is 0 Å². The van der Waals surface area contributed by atoms with Crippen LogP contribution >= 0.6 is 11.6 Å². The van der Waals surface area contributed by atoms with Crippen molar-refractivity contribution in [2.24, 2.45) is 0 Å². The molecule has 1 aromatic carbocycles. The van der Waals surface area contributed by atoms with E-state index in [2.05, 4.69) is 15.0 Å². The van der Waals surface area contributed by atoms with Gasteiger partial charge in [-0.1, -0.05) is 11.6 Å². The van der Waals surface area contributed by atoms with Crippen molar-refractivity contribution >= 4 is 17.5 Å². The lowest BCUT2D eigenvalue weighted by molar-refractivity contribution is -0.0501. The van der Waals surface area contributed by atoms with E-state index in [0.717, 1.165) is 17.2 Å². The lowest BCUT2D eigenvalue weighted by Crippen LogP contribution is -2.39. The molecule has 1 aromatic heterocycles. The Kier molecular flexibility index (Phi) is 5.96. The molecular formula is C18H20ClF2N3O3. The molecule has 0 radical (unpaired) electrons. The molecule has 0 bridgehead atoms. The number of nitrogens with one attached hydrogen (secondary N) is 1. The second-order valence-electron chi connectivity index (χ2n) is 6.36. The first-order valence-corrected chi connectivity index (χ1v) is 8.97. The largest absolute Gasteiger partial charge is 0.434 e. The molecule has 146 valence electrons. The van der Waals surface area contributed by atoms with Crippen molar-refractivity contribution in [2.45, 2.75) is 45.4 Å². The number of aryl methyl sites for hydroxylation is 1. The number of rotatable bonds is 6. The number of halogens is 3. The highest BCUT2D eigenvalue weighted by Gasteiger charge is 2.26. The number of fused-ring (bicyclic) bond motifs is 1. The Morgan fingerprint density at radius 3 is 3.00 bits per heavy atom. The first-order chi connectivity index (χ1) is 12.9. The second kappa shape index (κ2) is 8.22. The summed E-state index contributed by atoms with van der Waals surface area (Å²) >= 11 is 5.90. The van der Waals surface area contributed by atoms with Gasteiger partial charge in [-0.25, -0.2) is 4.98 Å². The Bertz CT molecular complexity index is 841. The molecule has 1 heterocycles. The van der Waals surface area contributed by atoms with Crippen molar-refractivity contribution in [2.75, 3.05) is 6.61 Å². The van der Waals surface area contributed by atoms with Crippen LogP contribution in [0.15, 0.2) is 18.2 Å². The van der Waals surface area contributed by atoms with Crippen LogP contribution in [-0.4, -0.2) is 39.8 Å². The van der Waals surface area contributed by atoms with Crippen LogP contribution in [0.25, 0.3) is 0 Å². The van der Waals surface area contributed by atoms with Gasteiger partial charge in [-0.2, -0.15) is 8.78 Å². The summed E-state index contributed by atoms with van der Waals surface area (Å²) in [6.07, 6.45) is 1.92. The number of benzene rings is 1. The van der Waals surface area contributed by atoms with E-state index >= 15 is 0 Å². The van der Waals surface area contributed by atoms with Gasteiger partial charge in [-0.05, 0) is 38.0 Å². The van der Waals surface area contributed by atoms with Gasteiger partial charge < -0.3 is 19.7 Å². The third-order valence-electron chi connectivity index (χ3n) is 4.58. The van der Waals surface area contributed by atoms with E-state index in [4.69, 9.17) is 11.6 Å². The maximum atomic E-state index is 12.6. The number of aromatic nitrogens is 2. The van der Waals surface area contributed by atoms with Gasteiger partial charge >= 0.3 is 6.61 Å². The minimum absolute atomic E-state index is 0.0319. The van der Waals surface area contributed by atoms with Crippen molar-refractivity contribution in [3.05, 3.63) is 46.0 Å². The highest BCUT2D eigenvalue weighted by molar-refractivity contribution is 6.31. The van der Waals surface area contributed by atoms with Crippen molar-refractivity contribution in [3.8, 4) is 5.75 Å². The summed E-state index contributed by atoms with van der Waals surface area (Å²) in [5, 5.41) is 12.3. The van der Waals surface area contributed by atoms with Crippen molar-refractivity contribution in [1.82, 2.24) is 14.9 Å². The van der Waals surface area contributed by atoms with Crippen LogP contribution in [0.3, 0.4) is 0 Å². The Hall–Kier alpha value is -2.19. The minimum Gasteiger partial charge on any atom is -0.434 e. The van der Waals surface area contributed by atoms with Gasteiger partial charge in [0.15, 0.2) is 0 Å². The van der Waals surface area contributed by atoms with E-state index in [1.165, 1.54) is 18.2 Å². The van der Waals surface area contributed by atoms with Gasteiger partial charge in [0.05, 0.1) is 17.9 Å². The third kappa shape index (κ3) is 4.39. The standard InChI is InChI=1S/C18H20ClF2N3O3/c1-10-22-14-9-12(3-4-15(14)24(10)6-7-25)23-17(26)13-8-11(19)2-5-16(13)27-18(20)21/h2,5,8,12,18,25H,3-4,6-7,9H2,1H3,(H,23,26)/t12-/m1/s1. The van der Waals surface area contributed by atoms with E-state index in [1.807, 2.05) is 11.5 Å². The molecule has 3 rings (SSSR count). The predicted octanol–water partition coefficient (Wildman–Crippen LogP) is 2.73. The molecule has 1 atom stereocenters. The van der Waals surface area contributed by atoms with Crippen LogP contribution in [0.4, 0.5) is 8.78 Å². The Morgan fingerprint density at radius 1 is 1.52 bits per heavy atom. The monoisotopic (exact) mass is 399 g/mol. The lowest BCUT2D eigenvalue weighted by atomic mass is 9.95. The molecule has 0 unspecified atom stereocenters. The number of amides is 1. The number of aliphatic hydroxyl groups excluding tert-OH is 1. The minimum atomic E-state index is -3.03. The van der Waals surface area contributed by atoms with E-state index in [-0.39, 0.29) is 29.0 Å². The smallest absolute Gasteiger partial charge is 0.387 e. The van der Waals surface area contributed by atoms with Crippen LogP contribution in [0.5, 0.6) is 5.75 Å². The van der Waals surface area contributed by atoms with E-state index in [1.54, 1.807) is 0 Å². The Labute approximate surface area is 160 Å². The SMILES string of the molecule is Cc1nc2c(n1CCO)CC[C@@H](NC(=O)c1cc(Cl)ccc1OC(F)F)C2. The number of hydrogen-bond acceptors (Lipinski definition) is 4. The van der Waals surface area contributed by atoms with Crippen molar-refractivity contribution < 1.29 is 23.4 Å². The summed E-state index contributed by atoms with van der Waals surface area (Å²) in [7, 11) is 0. The number of carbonyl (C=O) groups excluding carboxylic acids is 1. The average Bonchev–Trinajstić information content (AvgIpc) is 2.91. The number of hydrogen-bond donors (Lipinski definition) is 2. The fraction of sp³-hybridized carbons (Fsp3) is 0.444. The number of imidazole rings is 1. The molecule has 1 aliphatic carbocycles. The number of carbonyl (C=O) groups is 1. The topological polar surface area (TPSA) is 76.4 Å². The number of alkyl halides is 2. The van der Waals surface area contributed by atoms with Gasteiger partial charge in [0.25, 0.3) is 5.91 Å². The number of nitrogens with zero attached hydrogens (tertiary/aromatic N) is 2. The Balaban J connectivity index is 1.74. The molecule has 1 aliphatic rings. The summed E-state index contributed by atoms with van der Waals surface area (Å²) in [6, 6.07) is 3.77. The van der Waals surface area contributed by atoms with Gasteiger partial charge in [0, 0.05) is 29.7 Å². The maximum absolute atomic E-state index is 12.6. The van der Waals surface area contributed by atoms with E-state index < -0.39 is 12.5 Å². The molecule has 0 fully saturated rings. The van der Waals surface area contributed by atoms with Gasteiger partial charge in [0.1, 0.15) is 11.6 Å². The molecule has 0 saturated carbocycles. The molecule has 1 amide bonds. The fourth-order valence-corrected chi connectivity index (χ4v) is 3.59. The van der Waals surface area contributed by atoms with Crippen LogP contribution in [-0.2, 0) is 19.4 Å². The quantitative estimate of drug-likeness (QED) is 0.783. The summed E-state index contributed by atoms with van der Waals surface area (Å²) in [5.74, 6) is 0.0862. The van der Waals surface area contributed by atoms with Gasteiger partial charge in [0.2, 0.25) is 0 Å². The summed E-state index contributed by atoms with van der Waals surface area (Å²) < 4.78 is 31.6. The van der Waals surface area contributed by atoms with Crippen molar-refractivity contribution in [1.29, 1.82) is 0 Å². The fourth-order valence-electron chi connectivity index (χ4n) is 3.42. The lowest BCUT2D eigenvalue weighted by Gasteiger charge is -2.24. The molecule has 2 N–H and O–H groups in total. The molecule has 9 heteroatoms. The highest BCUT2D eigenvalue weighted by atomic mass is 35.5. The zero-order valence-corrected chi connectivity index (χ0v) is 15.5. The Morgan fingerprint density at radius 2 is 2.30 bits per heavy atom. The zero-order valence-electron chi connectivity index (χ0n) is 14.7. The highest BCUT2D eigenvalue weighted by Crippen LogP contribution is 2.26. The molecule has 6 nitrogen and oxygen atoms in total. The predicted molar refractivity (Wildman–Crippen MR) is 95.4 cm³/mol. The summed E-state index contributed by atoms with van der Waals surface area (Å²) in [5.41, 5.74) is 1.92. The number of ether oxygens (including phenoxy) is 1. The van der Waals surface area contributed by atoms with E-state index in [9.17, 15) is 18.7 Å². The molecular weight excluding hydrogens is 380 g/mol. The molecule has 2 aromatic rings. The normalized spacial score (nSPS) is 16.3. The molecule has 0 spiro atoms. The van der Waals surface area contributed by atoms with Crippen LogP contribution in [0.1, 0.15) is 34.0 Å². The maximum Gasteiger partial charge on any atom is 0.387 e. The average molecular weight is 400 g/mol. The van der Waals surface area contributed by atoms with Crippen LogP contribution < -0.4 is 10.1 Å². The summed E-state index contributed by atoms with van der Waals surface area (Å²) in [6.45, 7) is -0.636. The molecule has 0 aliphatic heterocycles. The van der Waals surface area contributed by atoms with Gasteiger partial charge in [-0.3, -0.25) is 4.79 Å².